The lowest BCUT2D eigenvalue weighted by Crippen LogP contribution is -2.41. The second kappa shape index (κ2) is 14.1. The van der Waals surface area contributed by atoms with Crippen molar-refractivity contribution in [2.45, 2.75) is 45.8 Å². The molecule has 0 aromatic carbocycles. The number of likely N-dealkylation sites (N-methyl/N-ethyl adjacent to an activating group) is 1. The monoisotopic (exact) mass is 378 g/mol. The van der Waals surface area contributed by atoms with E-state index in [-0.39, 0.29) is 5.04 Å². The molecule has 0 bridgehead atoms. The molecule has 0 aromatic rings. The molecule has 0 spiro atoms. The number of hydrogen-bond donors (Lipinski definition) is 1. The molecule has 0 heterocycles. The summed E-state index contributed by atoms with van der Waals surface area (Å²) in [4.78, 5) is 2.28. The third kappa shape index (κ3) is 12.9. The van der Waals surface area contributed by atoms with Gasteiger partial charge in [0.2, 0.25) is 0 Å². The van der Waals surface area contributed by atoms with Crippen molar-refractivity contribution in [1.29, 1.82) is 0 Å². The molecule has 0 radical (unpaired) electrons. The number of nitrogens with two attached hydrogens (primary N) is 1. The van der Waals surface area contributed by atoms with Gasteiger partial charge >= 0.3 is 0 Å². The van der Waals surface area contributed by atoms with Crippen molar-refractivity contribution in [1.82, 2.24) is 4.90 Å². The average Bonchev–Trinajstić information content (AvgIpc) is 2.53. The maximum Gasteiger partial charge on any atom is 0.192 e. The lowest BCUT2D eigenvalue weighted by atomic mass is 10.2. The highest BCUT2D eigenvalue weighted by Gasteiger charge is 2.36. The molecule has 6 nitrogen and oxygen atoms in total. The molecular formula is C18H42N2O4Si. The third-order valence-corrected chi connectivity index (χ3v) is 9.22. The van der Waals surface area contributed by atoms with Crippen molar-refractivity contribution in [3.05, 3.63) is 0 Å². The zero-order valence-electron chi connectivity index (χ0n) is 17.4. The van der Waals surface area contributed by atoms with Crippen LogP contribution >= 0.6 is 0 Å². The molecule has 0 atom stereocenters. The summed E-state index contributed by atoms with van der Waals surface area (Å²) in [6.07, 6.45) is 0. The van der Waals surface area contributed by atoms with Crippen molar-refractivity contribution in [3.8, 4) is 0 Å². The van der Waals surface area contributed by atoms with E-state index >= 15 is 0 Å². The fourth-order valence-corrected chi connectivity index (χ4v) is 2.95. The molecule has 0 saturated heterocycles. The van der Waals surface area contributed by atoms with Crippen LogP contribution < -0.4 is 5.73 Å². The van der Waals surface area contributed by atoms with Gasteiger partial charge in [-0.25, -0.2) is 0 Å². The van der Waals surface area contributed by atoms with Gasteiger partial charge in [0.05, 0.1) is 46.2 Å². The molecule has 2 N–H and O–H groups in total. The number of hydrogen-bond acceptors (Lipinski definition) is 6. The summed E-state index contributed by atoms with van der Waals surface area (Å²) in [6.45, 7) is 21.3. The van der Waals surface area contributed by atoms with Gasteiger partial charge < -0.3 is 29.3 Å². The quantitative estimate of drug-likeness (QED) is 0.328. The van der Waals surface area contributed by atoms with E-state index in [1.165, 1.54) is 0 Å². The Bertz CT molecular complexity index is 312. The zero-order valence-corrected chi connectivity index (χ0v) is 18.4. The van der Waals surface area contributed by atoms with Crippen molar-refractivity contribution in [2.75, 3.05) is 72.4 Å². The molecule has 7 heteroatoms. The first-order valence-corrected chi connectivity index (χ1v) is 12.4. The Kier molecular flexibility index (Phi) is 14.1. The predicted molar refractivity (Wildman–Crippen MR) is 107 cm³/mol. The molecular weight excluding hydrogens is 336 g/mol. The van der Waals surface area contributed by atoms with E-state index < -0.39 is 8.32 Å². The van der Waals surface area contributed by atoms with E-state index in [4.69, 9.17) is 24.4 Å². The van der Waals surface area contributed by atoms with E-state index in [0.717, 1.165) is 26.2 Å². The van der Waals surface area contributed by atoms with E-state index in [0.29, 0.717) is 46.2 Å². The summed E-state index contributed by atoms with van der Waals surface area (Å²) in [7, 11) is -1.65. The van der Waals surface area contributed by atoms with Crippen LogP contribution in [0.2, 0.25) is 18.1 Å². The Morgan fingerprint density at radius 2 is 1.28 bits per heavy atom. The van der Waals surface area contributed by atoms with Crippen LogP contribution in [0.15, 0.2) is 0 Å². The molecule has 0 aliphatic carbocycles. The number of nitrogens with zero attached hydrogens (tertiary/aromatic N) is 1. The van der Waals surface area contributed by atoms with Crippen LogP contribution in [0.3, 0.4) is 0 Å². The standard InChI is InChI=1S/C18H42N2O4Si/c1-7-20(9-8-19)10-11-21-12-13-22-14-15-23-16-17-24-25(5,6)18(2,3)4/h7-17,19H2,1-6H3. The average molecular weight is 379 g/mol. The summed E-state index contributed by atoms with van der Waals surface area (Å²) in [5, 5.41) is 0.245. The van der Waals surface area contributed by atoms with Crippen LogP contribution in [-0.2, 0) is 18.6 Å². The maximum absolute atomic E-state index is 6.05. The first-order chi connectivity index (χ1) is 11.7. The molecule has 0 fully saturated rings. The zero-order chi connectivity index (χ0) is 19.2. The summed E-state index contributed by atoms with van der Waals surface area (Å²) in [6, 6.07) is 0. The Balaban J connectivity index is 3.37. The second-order valence-corrected chi connectivity index (χ2v) is 12.5. The lowest BCUT2D eigenvalue weighted by Gasteiger charge is -2.36. The fraction of sp³-hybridized carbons (Fsp3) is 1.00. The highest BCUT2D eigenvalue weighted by atomic mass is 28.4. The van der Waals surface area contributed by atoms with Gasteiger partial charge in [-0.05, 0) is 24.7 Å². The first kappa shape index (κ1) is 25.0. The Morgan fingerprint density at radius 3 is 1.72 bits per heavy atom. The van der Waals surface area contributed by atoms with Crippen molar-refractivity contribution in [2.24, 2.45) is 5.73 Å². The number of rotatable bonds is 16. The molecule has 0 aliphatic heterocycles. The second-order valence-electron chi connectivity index (χ2n) is 7.67. The van der Waals surface area contributed by atoms with E-state index in [1.54, 1.807) is 0 Å². The highest BCUT2D eigenvalue weighted by Crippen LogP contribution is 2.36. The van der Waals surface area contributed by atoms with Gasteiger partial charge in [0.15, 0.2) is 8.32 Å². The minimum Gasteiger partial charge on any atom is -0.414 e. The molecule has 0 aromatic heterocycles. The summed E-state index contributed by atoms with van der Waals surface area (Å²) in [5.74, 6) is 0. The highest BCUT2D eigenvalue weighted by molar-refractivity contribution is 6.74. The van der Waals surface area contributed by atoms with Gasteiger partial charge in [0, 0.05) is 19.6 Å². The largest absolute Gasteiger partial charge is 0.414 e. The summed E-state index contributed by atoms with van der Waals surface area (Å²) >= 11 is 0. The molecule has 152 valence electrons. The van der Waals surface area contributed by atoms with Gasteiger partial charge in [0.25, 0.3) is 0 Å². The Morgan fingerprint density at radius 1 is 0.800 bits per heavy atom. The Hall–Kier alpha value is -0.0231. The van der Waals surface area contributed by atoms with Gasteiger partial charge in [0.1, 0.15) is 0 Å². The van der Waals surface area contributed by atoms with Crippen molar-refractivity contribution < 1.29 is 18.6 Å². The molecule has 0 saturated carbocycles. The fourth-order valence-electron chi connectivity index (χ4n) is 1.92. The van der Waals surface area contributed by atoms with Gasteiger partial charge in [-0.3, -0.25) is 0 Å². The summed E-state index contributed by atoms with van der Waals surface area (Å²) in [5.41, 5.74) is 5.55. The van der Waals surface area contributed by atoms with Crippen LogP contribution in [0, 0.1) is 0 Å². The van der Waals surface area contributed by atoms with Gasteiger partial charge in [-0.2, -0.15) is 0 Å². The van der Waals surface area contributed by atoms with Crippen molar-refractivity contribution in [3.63, 3.8) is 0 Å². The molecule has 0 rings (SSSR count). The van der Waals surface area contributed by atoms with Gasteiger partial charge in [-0.1, -0.05) is 27.7 Å². The normalized spacial score (nSPS) is 13.0. The van der Waals surface area contributed by atoms with Crippen LogP contribution in [0.25, 0.3) is 0 Å². The maximum atomic E-state index is 6.05. The van der Waals surface area contributed by atoms with E-state index in [1.807, 2.05) is 0 Å². The van der Waals surface area contributed by atoms with Crippen LogP contribution in [-0.4, -0.2) is 85.6 Å². The van der Waals surface area contributed by atoms with E-state index in [2.05, 4.69) is 45.7 Å². The number of ether oxygens (including phenoxy) is 3. The summed E-state index contributed by atoms with van der Waals surface area (Å²) < 4.78 is 22.7. The first-order valence-electron chi connectivity index (χ1n) is 9.54. The molecule has 0 aliphatic rings. The topological polar surface area (TPSA) is 66.2 Å². The van der Waals surface area contributed by atoms with Crippen molar-refractivity contribution >= 4 is 8.32 Å². The molecule has 25 heavy (non-hydrogen) atoms. The van der Waals surface area contributed by atoms with Crippen LogP contribution in [0.1, 0.15) is 27.7 Å². The predicted octanol–water partition coefficient (Wildman–Crippen LogP) is 2.34. The van der Waals surface area contributed by atoms with Gasteiger partial charge in [-0.15, -0.1) is 0 Å². The Labute approximate surface area is 156 Å². The lowest BCUT2D eigenvalue weighted by molar-refractivity contribution is 0.00560. The van der Waals surface area contributed by atoms with E-state index in [9.17, 15) is 0 Å². The van der Waals surface area contributed by atoms with Crippen LogP contribution in [0.4, 0.5) is 0 Å². The third-order valence-electron chi connectivity index (χ3n) is 4.69. The SMILES string of the molecule is CCN(CCN)CCOCCOCCOCCO[Si](C)(C)C(C)(C)C. The molecule has 0 amide bonds. The van der Waals surface area contributed by atoms with Crippen LogP contribution in [0.5, 0.6) is 0 Å². The smallest absolute Gasteiger partial charge is 0.192 e. The minimum absolute atomic E-state index is 0.245. The molecule has 0 unspecified atom stereocenters. The minimum atomic E-state index is -1.65.